The highest BCUT2D eigenvalue weighted by molar-refractivity contribution is 7.90. The van der Waals surface area contributed by atoms with E-state index in [-0.39, 0.29) is 12.2 Å². The second kappa shape index (κ2) is 4.42. The molecule has 12 heavy (non-hydrogen) atoms. The number of rotatable bonds is 5. The molecule has 0 aliphatic rings. The zero-order chi connectivity index (χ0) is 9.78. The number of carboxylic acid groups (broad SMARTS) is 1. The zero-order valence-corrected chi connectivity index (χ0v) is 7.67. The van der Waals surface area contributed by atoms with Crippen LogP contribution in [0.15, 0.2) is 0 Å². The van der Waals surface area contributed by atoms with Crippen molar-refractivity contribution in [2.75, 3.05) is 12.0 Å². The SMILES string of the molecule is CS(=O)(=O)CCC[C@H](N)C(=O)O. The third kappa shape index (κ3) is 6.11. The van der Waals surface area contributed by atoms with Gasteiger partial charge in [-0.05, 0) is 12.8 Å². The molecule has 3 N–H and O–H groups in total. The van der Waals surface area contributed by atoms with Gasteiger partial charge in [0.2, 0.25) is 0 Å². The highest BCUT2D eigenvalue weighted by Crippen LogP contribution is 1.97. The van der Waals surface area contributed by atoms with E-state index < -0.39 is 21.8 Å². The lowest BCUT2D eigenvalue weighted by Gasteiger charge is -2.04. The monoisotopic (exact) mass is 195 g/mol. The van der Waals surface area contributed by atoms with Crippen molar-refractivity contribution in [1.82, 2.24) is 0 Å². The van der Waals surface area contributed by atoms with E-state index in [4.69, 9.17) is 10.8 Å². The lowest BCUT2D eigenvalue weighted by Crippen LogP contribution is -2.30. The summed E-state index contributed by atoms with van der Waals surface area (Å²) in [6, 6.07) is -0.952. The van der Waals surface area contributed by atoms with Gasteiger partial charge in [-0.25, -0.2) is 8.42 Å². The van der Waals surface area contributed by atoms with E-state index in [1.54, 1.807) is 0 Å². The molecular formula is C6H13NO4S. The maximum Gasteiger partial charge on any atom is 0.320 e. The van der Waals surface area contributed by atoms with Gasteiger partial charge in [0.1, 0.15) is 15.9 Å². The van der Waals surface area contributed by atoms with E-state index in [1.807, 2.05) is 0 Å². The number of carbonyl (C=O) groups is 1. The quantitative estimate of drug-likeness (QED) is 0.600. The van der Waals surface area contributed by atoms with Gasteiger partial charge in [0.05, 0.1) is 0 Å². The van der Waals surface area contributed by atoms with E-state index in [2.05, 4.69) is 0 Å². The Balaban J connectivity index is 3.65. The Bertz CT molecular complexity index is 246. The van der Waals surface area contributed by atoms with Crippen molar-refractivity contribution in [2.24, 2.45) is 5.73 Å². The van der Waals surface area contributed by atoms with Crippen LogP contribution >= 0.6 is 0 Å². The van der Waals surface area contributed by atoms with Crippen molar-refractivity contribution in [3.05, 3.63) is 0 Å². The zero-order valence-electron chi connectivity index (χ0n) is 6.86. The molecule has 0 bridgehead atoms. The smallest absolute Gasteiger partial charge is 0.320 e. The van der Waals surface area contributed by atoms with Crippen LogP contribution in [0.2, 0.25) is 0 Å². The molecule has 0 aromatic heterocycles. The van der Waals surface area contributed by atoms with Gasteiger partial charge in [-0.2, -0.15) is 0 Å². The summed E-state index contributed by atoms with van der Waals surface area (Å²) in [6.07, 6.45) is 1.61. The molecule has 0 heterocycles. The van der Waals surface area contributed by atoms with Crippen LogP contribution in [0.4, 0.5) is 0 Å². The molecule has 0 rings (SSSR count). The highest BCUT2D eigenvalue weighted by atomic mass is 32.2. The number of carboxylic acids is 1. The topological polar surface area (TPSA) is 97.5 Å². The van der Waals surface area contributed by atoms with Gasteiger partial charge in [0.15, 0.2) is 0 Å². The number of sulfone groups is 1. The van der Waals surface area contributed by atoms with Crippen LogP contribution in [-0.4, -0.2) is 37.5 Å². The molecule has 0 amide bonds. The fraction of sp³-hybridized carbons (Fsp3) is 0.833. The first-order chi connectivity index (χ1) is 5.33. The summed E-state index contributed by atoms with van der Waals surface area (Å²) in [5.74, 6) is -1.10. The molecule has 1 atom stereocenters. The fourth-order valence-electron chi connectivity index (χ4n) is 0.689. The summed E-state index contributed by atoms with van der Waals surface area (Å²) >= 11 is 0. The second-order valence-corrected chi connectivity index (χ2v) is 4.98. The predicted molar refractivity (Wildman–Crippen MR) is 44.6 cm³/mol. The Kier molecular flexibility index (Phi) is 4.19. The Morgan fingerprint density at radius 2 is 2.08 bits per heavy atom. The molecule has 0 aromatic carbocycles. The number of hydrogen-bond acceptors (Lipinski definition) is 4. The second-order valence-electron chi connectivity index (χ2n) is 2.72. The summed E-state index contributed by atoms with van der Waals surface area (Å²) in [5.41, 5.74) is 5.15. The number of hydrogen-bond donors (Lipinski definition) is 2. The minimum absolute atomic E-state index is 0.00597. The summed E-state index contributed by atoms with van der Waals surface area (Å²) < 4.78 is 21.2. The van der Waals surface area contributed by atoms with E-state index in [0.29, 0.717) is 6.42 Å². The van der Waals surface area contributed by atoms with Crippen LogP contribution in [-0.2, 0) is 14.6 Å². The fourth-order valence-corrected chi connectivity index (χ4v) is 1.38. The van der Waals surface area contributed by atoms with Gasteiger partial charge >= 0.3 is 5.97 Å². The molecule has 0 saturated carbocycles. The Hall–Kier alpha value is -0.620. The Labute approximate surface area is 71.5 Å². The standard InChI is InChI=1S/C6H13NO4S/c1-12(10,11)4-2-3-5(7)6(8)9/h5H,2-4,7H2,1H3,(H,8,9)/t5-/m0/s1. The van der Waals surface area contributed by atoms with Crippen molar-refractivity contribution in [3.63, 3.8) is 0 Å². The van der Waals surface area contributed by atoms with Crippen LogP contribution in [0.3, 0.4) is 0 Å². The van der Waals surface area contributed by atoms with Crippen LogP contribution < -0.4 is 5.73 Å². The van der Waals surface area contributed by atoms with Gasteiger partial charge in [0.25, 0.3) is 0 Å². The molecule has 72 valence electrons. The third-order valence-electron chi connectivity index (χ3n) is 1.35. The number of nitrogens with two attached hydrogens (primary N) is 1. The van der Waals surface area contributed by atoms with Gasteiger partial charge in [0, 0.05) is 12.0 Å². The molecule has 6 heteroatoms. The summed E-state index contributed by atoms with van der Waals surface area (Å²) in [7, 11) is -2.99. The van der Waals surface area contributed by atoms with Crippen molar-refractivity contribution in [1.29, 1.82) is 0 Å². The highest BCUT2D eigenvalue weighted by Gasteiger charge is 2.11. The molecule has 0 aliphatic carbocycles. The van der Waals surface area contributed by atoms with E-state index in [9.17, 15) is 13.2 Å². The summed E-state index contributed by atoms with van der Waals surface area (Å²) in [5, 5.41) is 8.34. The van der Waals surface area contributed by atoms with E-state index in [1.165, 1.54) is 0 Å². The molecule has 0 spiro atoms. The lowest BCUT2D eigenvalue weighted by atomic mass is 10.2. The van der Waals surface area contributed by atoms with Gasteiger partial charge in [-0.15, -0.1) is 0 Å². The average molecular weight is 195 g/mol. The van der Waals surface area contributed by atoms with Crippen LogP contribution in [0.5, 0.6) is 0 Å². The molecule has 0 aromatic rings. The molecule has 5 nitrogen and oxygen atoms in total. The predicted octanol–water partition coefficient (Wildman–Crippen LogP) is -0.777. The van der Waals surface area contributed by atoms with Gasteiger partial charge < -0.3 is 10.8 Å². The Morgan fingerprint density at radius 1 is 1.58 bits per heavy atom. The maximum absolute atomic E-state index is 10.6. The van der Waals surface area contributed by atoms with E-state index in [0.717, 1.165) is 6.26 Å². The molecule has 0 aliphatic heterocycles. The van der Waals surface area contributed by atoms with Crippen LogP contribution in [0.1, 0.15) is 12.8 Å². The van der Waals surface area contributed by atoms with Crippen molar-refractivity contribution < 1.29 is 18.3 Å². The van der Waals surface area contributed by atoms with Gasteiger partial charge in [-0.1, -0.05) is 0 Å². The average Bonchev–Trinajstić information content (AvgIpc) is 1.84. The third-order valence-corrected chi connectivity index (χ3v) is 2.38. The van der Waals surface area contributed by atoms with Crippen molar-refractivity contribution >= 4 is 15.8 Å². The van der Waals surface area contributed by atoms with Crippen LogP contribution in [0, 0.1) is 0 Å². The molecule has 0 fully saturated rings. The van der Waals surface area contributed by atoms with Gasteiger partial charge in [-0.3, -0.25) is 4.79 Å². The molecule has 0 unspecified atom stereocenters. The minimum atomic E-state index is -2.99. The first-order valence-electron chi connectivity index (χ1n) is 3.49. The maximum atomic E-state index is 10.6. The summed E-state index contributed by atoms with van der Waals surface area (Å²) in [6.45, 7) is 0. The molecule has 0 radical (unpaired) electrons. The largest absolute Gasteiger partial charge is 0.480 e. The van der Waals surface area contributed by atoms with Crippen LogP contribution in [0.25, 0.3) is 0 Å². The first kappa shape index (κ1) is 11.4. The lowest BCUT2D eigenvalue weighted by molar-refractivity contribution is -0.138. The van der Waals surface area contributed by atoms with E-state index >= 15 is 0 Å². The molecule has 0 saturated heterocycles. The van der Waals surface area contributed by atoms with Crippen molar-refractivity contribution in [2.45, 2.75) is 18.9 Å². The Morgan fingerprint density at radius 3 is 2.42 bits per heavy atom. The normalized spacial score (nSPS) is 14.2. The number of aliphatic carboxylic acids is 1. The first-order valence-corrected chi connectivity index (χ1v) is 5.55. The molecular weight excluding hydrogens is 182 g/mol. The minimum Gasteiger partial charge on any atom is -0.480 e. The summed E-state index contributed by atoms with van der Waals surface area (Å²) in [4.78, 5) is 10.2. The van der Waals surface area contributed by atoms with Crippen molar-refractivity contribution in [3.8, 4) is 0 Å².